The van der Waals surface area contributed by atoms with E-state index >= 15 is 0 Å². The zero-order valence-corrected chi connectivity index (χ0v) is 56.0. The number of hydrogen-bond acceptors (Lipinski definition) is 15. The van der Waals surface area contributed by atoms with Gasteiger partial charge in [0, 0.05) is 25.7 Å². The van der Waals surface area contributed by atoms with Gasteiger partial charge in [-0.15, -0.1) is 0 Å². The lowest BCUT2D eigenvalue weighted by molar-refractivity contribution is -0.161. The maximum absolute atomic E-state index is 13.0. The average molecular weight is 1240 g/mol. The summed E-state index contributed by atoms with van der Waals surface area (Å²) in [5.74, 6) is -0.688. The van der Waals surface area contributed by atoms with Gasteiger partial charge >= 0.3 is 39.5 Å². The molecule has 84 heavy (non-hydrogen) atoms. The number of phosphoric ester groups is 2. The summed E-state index contributed by atoms with van der Waals surface area (Å²) >= 11 is 0. The standard InChI is InChI=1S/C65H126O17P2/c1-7-9-11-13-15-17-19-21-29-35-41-47-62(67)75-53-60(81-64(69)49-43-37-31-22-20-18-16-14-12-10-8-2)55-79-83(71,72)77-51-59(66)52-78-84(73,74)80-56-61(82-65(70)50-44-38-32-26-24-28-34-40-46-58(5)6)54-76-63(68)48-42-36-30-25-23-27-33-39-45-57(3)4/h57-61,66H,7-56H2,1-6H3,(H,71,72)(H,73,74)/t59-,60+,61+/m0/s1. The van der Waals surface area contributed by atoms with Crippen LogP contribution in [0.25, 0.3) is 0 Å². The highest BCUT2D eigenvalue weighted by molar-refractivity contribution is 7.47. The molecule has 0 heterocycles. The first-order valence-corrected chi connectivity index (χ1v) is 37.0. The molecule has 0 fully saturated rings. The van der Waals surface area contributed by atoms with Gasteiger partial charge in [0.25, 0.3) is 0 Å². The SMILES string of the molecule is CCCCCCCCCCCCCC(=O)OC[C@H](COP(=O)(O)OC[C@H](O)COP(=O)(O)OC[C@@H](COC(=O)CCCCCCCCCCC(C)C)OC(=O)CCCCCCCCCCC(C)C)OC(=O)CCCCCCCCCCCCC. The Kier molecular flexibility index (Phi) is 56.2. The van der Waals surface area contributed by atoms with Gasteiger partial charge in [-0.25, -0.2) is 9.13 Å². The Labute approximate surface area is 511 Å². The Hall–Kier alpha value is -1.94. The van der Waals surface area contributed by atoms with Gasteiger partial charge in [0.15, 0.2) is 12.2 Å². The molecule has 19 heteroatoms. The van der Waals surface area contributed by atoms with Gasteiger partial charge in [-0.3, -0.25) is 37.3 Å². The van der Waals surface area contributed by atoms with Crippen LogP contribution in [0.3, 0.4) is 0 Å². The summed E-state index contributed by atoms with van der Waals surface area (Å²) in [4.78, 5) is 72.3. The summed E-state index contributed by atoms with van der Waals surface area (Å²) in [6, 6.07) is 0. The van der Waals surface area contributed by atoms with Crippen LogP contribution in [0.15, 0.2) is 0 Å². The molecule has 17 nitrogen and oxygen atoms in total. The molecule has 0 aliphatic carbocycles. The number of unbranched alkanes of at least 4 members (excludes halogenated alkanes) is 34. The van der Waals surface area contributed by atoms with Crippen molar-refractivity contribution in [3.05, 3.63) is 0 Å². The molecule has 0 amide bonds. The molecule has 0 aliphatic rings. The fourth-order valence-electron chi connectivity index (χ4n) is 9.71. The van der Waals surface area contributed by atoms with Gasteiger partial charge in [0.2, 0.25) is 0 Å². The lowest BCUT2D eigenvalue weighted by Crippen LogP contribution is -2.30. The lowest BCUT2D eigenvalue weighted by Gasteiger charge is -2.21. The van der Waals surface area contributed by atoms with Gasteiger partial charge in [-0.05, 0) is 37.5 Å². The third-order valence-corrected chi connectivity index (χ3v) is 16.9. The number of phosphoric acid groups is 2. The molecule has 2 unspecified atom stereocenters. The number of carbonyl (C=O) groups excluding carboxylic acids is 4. The van der Waals surface area contributed by atoms with Crippen molar-refractivity contribution in [1.29, 1.82) is 0 Å². The summed E-state index contributed by atoms with van der Waals surface area (Å²) in [6.45, 7) is 9.42. The quantitative estimate of drug-likeness (QED) is 0.0222. The summed E-state index contributed by atoms with van der Waals surface area (Å²) in [6.07, 6.45) is 40.3. The maximum atomic E-state index is 13.0. The van der Waals surface area contributed by atoms with Crippen LogP contribution in [0.4, 0.5) is 0 Å². The minimum atomic E-state index is -4.94. The van der Waals surface area contributed by atoms with Crippen LogP contribution in [0.5, 0.6) is 0 Å². The molecule has 0 rings (SSSR count). The van der Waals surface area contributed by atoms with E-state index in [2.05, 4.69) is 41.5 Å². The zero-order chi connectivity index (χ0) is 62.2. The van der Waals surface area contributed by atoms with Crippen LogP contribution in [0.1, 0.15) is 324 Å². The van der Waals surface area contributed by atoms with Crippen LogP contribution in [0, 0.1) is 11.8 Å². The normalized spacial score (nSPS) is 14.3. The Balaban J connectivity index is 5.25. The Morgan fingerprint density at radius 2 is 0.548 bits per heavy atom. The molecule has 0 saturated carbocycles. The monoisotopic (exact) mass is 1240 g/mol. The number of rotatable bonds is 64. The molecule has 0 saturated heterocycles. The third kappa shape index (κ3) is 59.0. The topological polar surface area (TPSA) is 237 Å². The van der Waals surface area contributed by atoms with Crippen molar-refractivity contribution in [2.24, 2.45) is 11.8 Å². The van der Waals surface area contributed by atoms with E-state index in [0.717, 1.165) is 102 Å². The van der Waals surface area contributed by atoms with Crippen LogP contribution in [-0.2, 0) is 65.4 Å². The molecule has 0 aromatic carbocycles. The first kappa shape index (κ1) is 82.1. The molecule has 5 atom stereocenters. The highest BCUT2D eigenvalue weighted by atomic mass is 31.2. The van der Waals surface area contributed by atoms with E-state index in [0.29, 0.717) is 25.7 Å². The average Bonchev–Trinajstić information content (AvgIpc) is 3.50. The van der Waals surface area contributed by atoms with Crippen molar-refractivity contribution in [1.82, 2.24) is 0 Å². The lowest BCUT2D eigenvalue weighted by atomic mass is 10.0. The van der Waals surface area contributed by atoms with E-state index in [1.165, 1.54) is 141 Å². The van der Waals surface area contributed by atoms with Crippen molar-refractivity contribution in [3.63, 3.8) is 0 Å². The molecule has 0 radical (unpaired) electrons. The summed E-state index contributed by atoms with van der Waals surface area (Å²) < 4.78 is 68.0. The van der Waals surface area contributed by atoms with Crippen LogP contribution in [-0.4, -0.2) is 96.7 Å². The molecule has 0 spiro atoms. The van der Waals surface area contributed by atoms with Crippen LogP contribution < -0.4 is 0 Å². The Morgan fingerprint density at radius 1 is 0.321 bits per heavy atom. The smallest absolute Gasteiger partial charge is 0.462 e. The molecular weight excluding hydrogens is 1110 g/mol. The van der Waals surface area contributed by atoms with Gasteiger partial charge < -0.3 is 33.8 Å². The Bertz CT molecular complexity index is 1650. The van der Waals surface area contributed by atoms with E-state index < -0.39 is 97.5 Å². The van der Waals surface area contributed by atoms with E-state index in [1.54, 1.807) is 0 Å². The first-order chi connectivity index (χ1) is 40.4. The van der Waals surface area contributed by atoms with E-state index in [-0.39, 0.29) is 25.7 Å². The Morgan fingerprint density at radius 3 is 0.810 bits per heavy atom. The van der Waals surface area contributed by atoms with Gasteiger partial charge in [0.05, 0.1) is 26.4 Å². The number of esters is 4. The number of hydrogen-bond donors (Lipinski definition) is 3. The predicted molar refractivity (Wildman–Crippen MR) is 335 cm³/mol. The molecule has 0 aromatic heterocycles. The van der Waals surface area contributed by atoms with Crippen molar-refractivity contribution in [3.8, 4) is 0 Å². The second-order valence-corrected chi connectivity index (χ2v) is 27.4. The van der Waals surface area contributed by atoms with Crippen molar-refractivity contribution in [2.75, 3.05) is 39.6 Å². The van der Waals surface area contributed by atoms with Crippen molar-refractivity contribution in [2.45, 2.75) is 342 Å². The van der Waals surface area contributed by atoms with Gasteiger partial charge in [-0.2, -0.15) is 0 Å². The first-order valence-electron chi connectivity index (χ1n) is 34.0. The zero-order valence-electron chi connectivity index (χ0n) is 54.2. The molecule has 0 aromatic rings. The number of aliphatic hydroxyl groups is 1. The largest absolute Gasteiger partial charge is 0.472 e. The van der Waals surface area contributed by atoms with Gasteiger partial charge in [-0.1, -0.05) is 273 Å². The van der Waals surface area contributed by atoms with Crippen LogP contribution >= 0.6 is 15.6 Å². The van der Waals surface area contributed by atoms with E-state index in [9.17, 15) is 43.2 Å². The fraction of sp³-hybridized carbons (Fsp3) is 0.938. The predicted octanol–water partition coefficient (Wildman–Crippen LogP) is 18.0. The maximum Gasteiger partial charge on any atom is 0.472 e. The second kappa shape index (κ2) is 57.5. The van der Waals surface area contributed by atoms with E-state index in [1.807, 2.05) is 0 Å². The fourth-order valence-corrected chi connectivity index (χ4v) is 11.3. The van der Waals surface area contributed by atoms with Gasteiger partial charge in [0.1, 0.15) is 19.3 Å². The minimum Gasteiger partial charge on any atom is -0.462 e. The molecule has 0 aliphatic heterocycles. The molecular formula is C65H126O17P2. The number of carbonyl (C=O) groups is 4. The van der Waals surface area contributed by atoms with Crippen molar-refractivity contribution < 1.29 is 80.2 Å². The highest BCUT2D eigenvalue weighted by Gasteiger charge is 2.30. The van der Waals surface area contributed by atoms with E-state index in [4.69, 9.17) is 37.0 Å². The number of aliphatic hydroxyl groups excluding tert-OH is 1. The van der Waals surface area contributed by atoms with Crippen molar-refractivity contribution >= 4 is 39.5 Å². The summed E-state index contributed by atoms with van der Waals surface area (Å²) in [5, 5.41) is 10.5. The third-order valence-electron chi connectivity index (χ3n) is 15.0. The highest BCUT2D eigenvalue weighted by Crippen LogP contribution is 2.45. The summed E-state index contributed by atoms with van der Waals surface area (Å²) in [5.41, 5.74) is 0. The molecule has 0 bridgehead atoms. The number of ether oxygens (including phenoxy) is 4. The second-order valence-electron chi connectivity index (χ2n) is 24.5. The minimum absolute atomic E-state index is 0.104. The van der Waals surface area contributed by atoms with Crippen LogP contribution in [0.2, 0.25) is 0 Å². The summed E-state index contributed by atoms with van der Waals surface area (Å²) in [7, 11) is -9.89. The molecule has 3 N–H and O–H groups in total. The molecule has 498 valence electrons.